The fraction of sp³-hybridized carbons (Fsp3) is 0.625. The minimum Gasteiger partial charge on any atom is -0.357 e. The van der Waals surface area contributed by atoms with E-state index in [-0.39, 0.29) is 41.5 Å². The lowest BCUT2D eigenvalue weighted by Crippen LogP contribution is -2.48. The van der Waals surface area contributed by atoms with Crippen LogP contribution < -0.4 is 10.6 Å². The molecule has 5 rings (SSSR count). The molecule has 2 aliphatic heterocycles. The quantitative estimate of drug-likeness (QED) is 0.548. The van der Waals surface area contributed by atoms with Crippen molar-refractivity contribution < 1.29 is 19.2 Å². The average Bonchev–Trinajstić information content (AvgIpc) is 3.33. The van der Waals surface area contributed by atoms with Crippen LogP contribution in [0.25, 0.3) is 10.9 Å². The molecule has 2 fully saturated rings. The normalized spacial score (nSPS) is 25.5. The third-order valence-electron chi connectivity index (χ3n) is 9.30. The number of likely N-dealkylation sites (N-methyl/N-ethyl adjacent to an activating group) is 1. The monoisotopic (exact) mass is 548 g/mol. The Labute approximate surface area is 237 Å². The third kappa shape index (κ3) is 5.54. The molecule has 1 aliphatic carbocycles. The van der Waals surface area contributed by atoms with Crippen LogP contribution in [-0.4, -0.2) is 58.6 Å². The summed E-state index contributed by atoms with van der Waals surface area (Å²) in [4.78, 5) is 54.0. The van der Waals surface area contributed by atoms with Gasteiger partial charge in [-0.25, -0.2) is 0 Å². The molecule has 2 N–H and O–H groups in total. The second-order valence-corrected chi connectivity index (χ2v) is 12.7. The molecule has 1 aromatic carbocycles. The number of benzene rings is 1. The summed E-state index contributed by atoms with van der Waals surface area (Å²) in [7, 11) is 1.60. The van der Waals surface area contributed by atoms with Crippen molar-refractivity contribution in [2.75, 3.05) is 13.6 Å². The minimum atomic E-state index is -0.553. The van der Waals surface area contributed by atoms with Gasteiger partial charge < -0.3 is 20.1 Å². The molecule has 2 bridgehead atoms. The summed E-state index contributed by atoms with van der Waals surface area (Å²) in [6.45, 7) is 6.61. The number of carbonyl (C=O) groups is 4. The molecule has 3 atom stereocenters. The van der Waals surface area contributed by atoms with E-state index in [1.54, 1.807) is 18.9 Å². The Kier molecular flexibility index (Phi) is 8.07. The Hall–Kier alpha value is -3.16. The maximum atomic E-state index is 14.0. The first-order chi connectivity index (χ1) is 19.1. The maximum absolute atomic E-state index is 14.0. The highest BCUT2D eigenvalue weighted by Crippen LogP contribution is 2.59. The predicted octanol–water partition coefficient (Wildman–Crippen LogP) is 4.16. The van der Waals surface area contributed by atoms with Crippen LogP contribution in [0.3, 0.4) is 0 Å². The van der Waals surface area contributed by atoms with Gasteiger partial charge in [0.2, 0.25) is 17.7 Å². The van der Waals surface area contributed by atoms with Crippen LogP contribution in [0.15, 0.2) is 18.3 Å². The lowest BCUT2D eigenvalue weighted by Gasteiger charge is -2.27. The highest BCUT2D eigenvalue weighted by molar-refractivity contribution is 6.08. The number of nitrogens with one attached hydrogen (secondary N) is 2. The van der Waals surface area contributed by atoms with E-state index in [4.69, 9.17) is 0 Å². The van der Waals surface area contributed by atoms with E-state index in [2.05, 4.69) is 36.6 Å². The molecule has 216 valence electrons. The first-order valence-electron chi connectivity index (χ1n) is 15.1. The van der Waals surface area contributed by atoms with Crippen LogP contribution in [-0.2, 0) is 33.8 Å². The summed E-state index contributed by atoms with van der Waals surface area (Å²) in [5, 5.41) is 6.76. The van der Waals surface area contributed by atoms with E-state index in [0.29, 0.717) is 30.9 Å². The Bertz CT molecular complexity index is 1330. The Morgan fingerprint density at radius 2 is 1.85 bits per heavy atom. The van der Waals surface area contributed by atoms with E-state index in [1.807, 2.05) is 10.8 Å². The maximum Gasteiger partial charge on any atom is 0.243 e. The zero-order valence-corrected chi connectivity index (χ0v) is 24.5. The average molecular weight is 549 g/mol. The van der Waals surface area contributed by atoms with E-state index in [0.717, 1.165) is 62.3 Å². The van der Waals surface area contributed by atoms with Crippen molar-refractivity contribution in [2.24, 2.45) is 11.3 Å². The van der Waals surface area contributed by atoms with E-state index >= 15 is 0 Å². The number of rotatable bonds is 5. The number of amides is 3. The third-order valence-corrected chi connectivity index (χ3v) is 9.30. The predicted molar refractivity (Wildman–Crippen MR) is 155 cm³/mol. The van der Waals surface area contributed by atoms with Gasteiger partial charge in [-0.05, 0) is 75.0 Å². The van der Waals surface area contributed by atoms with Gasteiger partial charge >= 0.3 is 0 Å². The van der Waals surface area contributed by atoms with Crippen LogP contribution >= 0.6 is 0 Å². The highest BCUT2D eigenvalue weighted by Gasteiger charge is 2.66. The van der Waals surface area contributed by atoms with Crippen molar-refractivity contribution in [3.63, 3.8) is 0 Å². The summed E-state index contributed by atoms with van der Waals surface area (Å²) in [5.41, 5.74) is 3.77. The Morgan fingerprint density at radius 3 is 2.55 bits per heavy atom. The molecule has 0 radical (unpaired) electrons. The second kappa shape index (κ2) is 11.4. The second-order valence-electron chi connectivity index (χ2n) is 12.7. The van der Waals surface area contributed by atoms with Gasteiger partial charge in [-0.3, -0.25) is 19.2 Å². The van der Waals surface area contributed by atoms with Crippen molar-refractivity contribution in [2.45, 2.75) is 104 Å². The van der Waals surface area contributed by atoms with Crippen molar-refractivity contribution in [1.82, 2.24) is 20.1 Å². The van der Waals surface area contributed by atoms with E-state index in [1.165, 1.54) is 11.1 Å². The molecule has 1 aromatic heterocycles. The number of ketones is 1. The molecule has 3 heterocycles. The molecule has 1 saturated carbocycles. The summed E-state index contributed by atoms with van der Waals surface area (Å²) >= 11 is 0. The van der Waals surface area contributed by atoms with Gasteiger partial charge in [0.05, 0.1) is 5.52 Å². The minimum absolute atomic E-state index is 0.00772. The summed E-state index contributed by atoms with van der Waals surface area (Å²) in [6.07, 6.45) is 10.4. The van der Waals surface area contributed by atoms with Gasteiger partial charge in [-0.1, -0.05) is 32.8 Å². The Balaban J connectivity index is 1.56. The first kappa shape index (κ1) is 28.4. The zero-order chi connectivity index (χ0) is 28.6. The van der Waals surface area contributed by atoms with Gasteiger partial charge in [-0.2, -0.15) is 0 Å². The highest BCUT2D eigenvalue weighted by atomic mass is 16.2. The summed E-state index contributed by atoms with van der Waals surface area (Å²) in [5.74, 6) is 0.342. The van der Waals surface area contributed by atoms with Crippen molar-refractivity contribution in [3.8, 4) is 0 Å². The number of aromatic nitrogens is 1. The lowest BCUT2D eigenvalue weighted by molar-refractivity contribution is -0.140. The molecule has 2 aromatic rings. The molecule has 0 spiro atoms. The standard InChI is InChI=1S/C32H44N4O4/c1-20(2)11-12-22-13-23-9-7-5-6-8-10-28(38)34-19-32-15-26(31(40)33-4)36(27(32)16-32)29(39)18-35-17-25(21(3)37)24(14-22)30(23)35/h13-14,17,20,26-27H,5-12,15-16,18-19H2,1-4H3,(H,33,40)(H,34,38)/t26-,27+,32-/m0/s1. The molecule has 0 unspecified atom stereocenters. The first-order valence-corrected chi connectivity index (χ1v) is 15.1. The van der Waals surface area contributed by atoms with E-state index < -0.39 is 6.04 Å². The largest absolute Gasteiger partial charge is 0.357 e. The molecule has 40 heavy (non-hydrogen) atoms. The fourth-order valence-electron chi connectivity index (χ4n) is 6.97. The van der Waals surface area contributed by atoms with Gasteiger partial charge in [0.1, 0.15) is 12.6 Å². The van der Waals surface area contributed by atoms with E-state index in [9.17, 15) is 19.2 Å². The topological polar surface area (TPSA) is 101 Å². The SMILES string of the molecule is CNC(=O)[C@@H]1C[C@]23CNC(=O)CCCCCCc4cc(CCC(C)C)cc5c(C(C)=O)cn(c45)CC(=O)N1[C@@H]2C3. The Morgan fingerprint density at radius 1 is 1.10 bits per heavy atom. The van der Waals surface area contributed by atoms with Gasteiger partial charge in [-0.15, -0.1) is 0 Å². The van der Waals surface area contributed by atoms with Crippen molar-refractivity contribution in [1.29, 1.82) is 0 Å². The molecule has 3 amide bonds. The van der Waals surface area contributed by atoms with Crippen LogP contribution in [0, 0.1) is 11.3 Å². The molecule has 3 aliphatic rings. The van der Waals surface area contributed by atoms with Crippen LogP contribution in [0.1, 0.15) is 93.6 Å². The van der Waals surface area contributed by atoms with Gasteiger partial charge in [0.25, 0.3) is 0 Å². The summed E-state index contributed by atoms with van der Waals surface area (Å²) in [6, 6.07) is 3.80. The smallest absolute Gasteiger partial charge is 0.243 e. The molecular weight excluding hydrogens is 504 g/mol. The van der Waals surface area contributed by atoms with Crippen LogP contribution in [0.4, 0.5) is 0 Å². The lowest BCUT2D eigenvalue weighted by atomic mass is 9.95. The molecule has 1 saturated heterocycles. The molecule has 8 heteroatoms. The molecule has 8 nitrogen and oxygen atoms in total. The van der Waals surface area contributed by atoms with Crippen LogP contribution in [0.5, 0.6) is 0 Å². The zero-order valence-electron chi connectivity index (χ0n) is 24.5. The fourth-order valence-corrected chi connectivity index (χ4v) is 6.97. The van der Waals surface area contributed by atoms with Gasteiger partial charge in [0.15, 0.2) is 5.78 Å². The number of piperidine rings is 1. The van der Waals surface area contributed by atoms with Crippen LogP contribution in [0.2, 0.25) is 0 Å². The number of hydrogen-bond donors (Lipinski definition) is 2. The number of hydrogen-bond acceptors (Lipinski definition) is 4. The number of aryl methyl sites for hydroxylation is 2. The van der Waals surface area contributed by atoms with Gasteiger partial charge in [0, 0.05) is 48.6 Å². The number of carbonyl (C=O) groups excluding carboxylic acids is 4. The molecular formula is C32H44N4O4. The number of nitrogens with zero attached hydrogens (tertiary/aromatic N) is 2. The van der Waals surface area contributed by atoms with Crippen molar-refractivity contribution in [3.05, 3.63) is 35.0 Å². The van der Waals surface area contributed by atoms with Crippen molar-refractivity contribution >= 4 is 34.4 Å². The summed E-state index contributed by atoms with van der Waals surface area (Å²) < 4.78 is 1.96. The number of Topliss-reactive ketones (excluding diaryl/α,β-unsaturated/α-hetero) is 1.